The van der Waals surface area contributed by atoms with Crippen LogP contribution >= 0.6 is 0 Å². The number of imide groups is 1. The van der Waals surface area contributed by atoms with E-state index in [1.807, 2.05) is 0 Å². The lowest BCUT2D eigenvalue weighted by Gasteiger charge is -2.12. The van der Waals surface area contributed by atoms with Crippen LogP contribution in [0.1, 0.15) is 12.8 Å². The molecule has 0 unspecified atom stereocenters. The summed E-state index contributed by atoms with van der Waals surface area (Å²) < 4.78 is 0. The van der Waals surface area contributed by atoms with E-state index in [4.69, 9.17) is 0 Å². The maximum Gasteiger partial charge on any atom is 0.363 e. The van der Waals surface area contributed by atoms with Gasteiger partial charge in [-0.2, -0.15) is 0 Å². The number of hydrogen-bond donors (Lipinski definition) is 0. The van der Waals surface area contributed by atoms with Crippen molar-refractivity contribution in [2.24, 2.45) is 0 Å². The molecule has 1 aliphatic rings. The molecule has 1 aliphatic heterocycles. The van der Waals surface area contributed by atoms with Crippen molar-refractivity contribution < 1.29 is 19.2 Å². The average molecular weight is 221 g/mol. The molecule has 1 heterocycles. The third kappa shape index (κ3) is 2.44. The normalized spacial score (nSPS) is 16.2. The number of hydroxylamine groups is 2. The maximum atomic E-state index is 11.5. The van der Waals surface area contributed by atoms with Crippen LogP contribution in [0.2, 0.25) is 0 Å². The van der Waals surface area contributed by atoms with Gasteiger partial charge in [0, 0.05) is 12.8 Å². The Kier molecular flexibility index (Phi) is 3.77. The summed E-state index contributed by atoms with van der Waals surface area (Å²) in [6, 6.07) is 0. The fourth-order valence-corrected chi connectivity index (χ4v) is 1.14. The number of allylic oxidation sites excluding steroid dienone is 2. The van der Waals surface area contributed by atoms with Gasteiger partial charge in [-0.15, -0.1) is 5.06 Å². The molecule has 1 saturated heterocycles. The van der Waals surface area contributed by atoms with Gasteiger partial charge >= 0.3 is 5.97 Å². The van der Waals surface area contributed by atoms with E-state index >= 15 is 0 Å². The highest BCUT2D eigenvalue weighted by atomic mass is 16.7. The Morgan fingerprint density at radius 1 is 1.25 bits per heavy atom. The van der Waals surface area contributed by atoms with E-state index in [2.05, 4.69) is 18.0 Å². The summed E-state index contributed by atoms with van der Waals surface area (Å²) in [6.07, 6.45) is 4.16. The van der Waals surface area contributed by atoms with Crippen molar-refractivity contribution >= 4 is 17.8 Å². The molecule has 0 aromatic rings. The first-order valence-electron chi connectivity index (χ1n) is 4.63. The first kappa shape index (κ1) is 11.9. The summed E-state index contributed by atoms with van der Waals surface area (Å²) in [4.78, 5) is 38.4. The van der Waals surface area contributed by atoms with Gasteiger partial charge in [0.1, 0.15) is 0 Å². The minimum atomic E-state index is -0.807. The van der Waals surface area contributed by atoms with Crippen molar-refractivity contribution in [1.29, 1.82) is 0 Å². The number of carbonyl (C=O) groups is 3. The molecule has 5 heteroatoms. The van der Waals surface area contributed by atoms with Gasteiger partial charge < -0.3 is 4.84 Å². The minimum Gasteiger partial charge on any atom is -0.325 e. The zero-order chi connectivity index (χ0) is 12.1. The minimum absolute atomic E-state index is 0.0701. The van der Waals surface area contributed by atoms with Gasteiger partial charge in [0.2, 0.25) is 0 Å². The van der Waals surface area contributed by atoms with Crippen molar-refractivity contribution in [3.05, 3.63) is 37.0 Å². The molecule has 0 aliphatic carbocycles. The molecule has 84 valence electrons. The van der Waals surface area contributed by atoms with E-state index in [9.17, 15) is 14.4 Å². The Hall–Kier alpha value is -2.17. The summed E-state index contributed by atoms with van der Waals surface area (Å²) >= 11 is 0. The summed E-state index contributed by atoms with van der Waals surface area (Å²) in [6.45, 7) is 6.82. The lowest BCUT2D eigenvalue weighted by Crippen LogP contribution is -2.32. The fraction of sp³-hybridized carbons (Fsp3) is 0.182. The smallest absolute Gasteiger partial charge is 0.325 e. The second kappa shape index (κ2) is 5.06. The highest BCUT2D eigenvalue weighted by molar-refractivity contribution is 6.03. The Bertz CT molecular complexity index is 379. The van der Waals surface area contributed by atoms with Crippen LogP contribution in [0.5, 0.6) is 0 Å². The molecule has 0 bridgehead atoms. The monoisotopic (exact) mass is 221 g/mol. The van der Waals surface area contributed by atoms with Crippen molar-refractivity contribution in [2.45, 2.75) is 12.8 Å². The zero-order valence-corrected chi connectivity index (χ0v) is 8.64. The van der Waals surface area contributed by atoms with E-state index in [0.29, 0.717) is 5.06 Å². The van der Waals surface area contributed by atoms with E-state index in [-0.39, 0.29) is 18.4 Å². The largest absolute Gasteiger partial charge is 0.363 e. The second-order valence-electron chi connectivity index (χ2n) is 3.02. The van der Waals surface area contributed by atoms with Crippen molar-refractivity contribution in [3.8, 4) is 0 Å². The standard InChI is InChI=1S/C11H11NO4/c1-3-5-8(4-2)11(15)16-12-9(13)6-7-10(12)14/h3-5H,1-2,6-7H2/b8-5+. The van der Waals surface area contributed by atoms with Crippen LogP contribution in [0.4, 0.5) is 0 Å². The molecule has 0 N–H and O–H groups in total. The molecular formula is C11H11NO4. The van der Waals surface area contributed by atoms with Gasteiger partial charge in [0.25, 0.3) is 11.8 Å². The lowest BCUT2D eigenvalue weighted by molar-refractivity contribution is -0.194. The van der Waals surface area contributed by atoms with E-state index in [0.717, 1.165) is 0 Å². The molecule has 16 heavy (non-hydrogen) atoms. The molecule has 1 fully saturated rings. The van der Waals surface area contributed by atoms with Crippen LogP contribution in [-0.4, -0.2) is 22.8 Å². The summed E-state index contributed by atoms with van der Waals surface area (Å²) in [5.74, 6) is -1.83. The zero-order valence-electron chi connectivity index (χ0n) is 8.64. The van der Waals surface area contributed by atoms with Crippen LogP contribution in [0.3, 0.4) is 0 Å². The molecule has 0 atom stereocenters. The predicted octanol–water partition coefficient (Wildman–Crippen LogP) is 0.892. The van der Waals surface area contributed by atoms with Crippen LogP contribution in [0.15, 0.2) is 37.0 Å². The first-order valence-corrected chi connectivity index (χ1v) is 4.63. The molecule has 0 radical (unpaired) electrons. The molecule has 2 amide bonds. The molecule has 0 aromatic heterocycles. The van der Waals surface area contributed by atoms with Crippen molar-refractivity contribution in [3.63, 3.8) is 0 Å². The topological polar surface area (TPSA) is 63.7 Å². The van der Waals surface area contributed by atoms with Gasteiger partial charge in [-0.1, -0.05) is 25.3 Å². The third-order valence-electron chi connectivity index (χ3n) is 1.93. The van der Waals surface area contributed by atoms with Gasteiger partial charge in [-0.05, 0) is 6.08 Å². The Labute approximate surface area is 92.6 Å². The Morgan fingerprint density at radius 3 is 2.25 bits per heavy atom. The molecule has 0 saturated carbocycles. The number of nitrogens with zero attached hydrogens (tertiary/aromatic N) is 1. The van der Waals surface area contributed by atoms with Crippen LogP contribution in [0, 0.1) is 0 Å². The highest BCUT2D eigenvalue weighted by Crippen LogP contribution is 2.13. The number of carbonyl (C=O) groups excluding carboxylic acids is 3. The van der Waals surface area contributed by atoms with Gasteiger partial charge in [0.15, 0.2) is 0 Å². The molecule has 5 nitrogen and oxygen atoms in total. The number of rotatable bonds is 4. The second-order valence-corrected chi connectivity index (χ2v) is 3.02. The van der Waals surface area contributed by atoms with Crippen molar-refractivity contribution in [1.82, 2.24) is 5.06 Å². The molecule has 0 spiro atoms. The average Bonchev–Trinajstić information content (AvgIpc) is 2.57. The number of amides is 2. The number of hydrogen-bond acceptors (Lipinski definition) is 4. The van der Waals surface area contributed by atoms with Gasteiger partial charge in [-0.3, -0.25) is 9.59 Å². The Morgan fingerprint density at radius 2 is 1.81 bits per heavy atom. The molecule has 1 rings (SSSR count). The van der Waals surface area contributed by atoms with Gasteiger partial charge in [0.05, 0.1) is 5.57 Å². The summed E-state index contributed by atoms with van der Waals surface area (Å²) in [5.41, 5.74) is 0.127. The Balaban J connectivity index is 2.74. The van der Waals surface area contributed by atoms with Gasteiger partial charge in [-0.25, -0.2) is 4.79 Å². The maximum absolute atomic E-state index is 11.5. The first-order chi connectivity index (χ1) is 7.60. The highest BCUT2D eigenvalue weighted by Gasteiger charge is 2.33. The van der Waals surface area contributed by atoms with E-state index < -0.39 is 17.8 Å². The lowest BCUT2D eigenvalue weighted by atomic mass is 10.2. The van der Waals surface area contributed by atoms with Crippen LogP contribution < -0.4 is 0 Å². The molecular weight excluding hydrogens is 210 g/mol. The molecule has 0 aromatic carbocycles. The van der Waals surface area contributed by atoms with Crippen LogP contribution in [-0.2, 0) is 19.2 Å². The van der Waals surface area contributed by atoms with Crippen molar-refractivity contribution in [2.75, 3.05) is 0 Å². The third-order valence-corrected chi connectivity index (χ3v) is 1.93. The van der Waals surface area contributed by atoms with E-state index in [1.165, 1.54) is 18.2 Å². The fourth-order valence-electron chi connectivity index (χ4n) is 1.14. The SMILES string of the molecule is C=C/C=C(\C=C)C(=O)ON1C(=O)CCC1=O. The van der Waals surface area contributed by atoms with Crippen LogP contribution in [0.25, 0.3) is 0 Å². The van der Waals surface area contributed by atoms with E-state index in [1.54, 1.807) is 0 Å². The predicted molar refractivity (Wildman–Crippen MR) is 55.7 cm³/mol. The summed E-state index contributed by atoms with van der Waals surface area (Å²) in [5, 5.41) is 0.489. The quantitative estimate of drug-likeness (QED) is 0.402. The summed E-state index contributed by atoms with van der Waals surface area (Å²) in [7, 11) is 0.